The number of hydrogen-bond donors (Lipinski definition) is 3. The van der Waals surface area contributed by atoms with Crippen molar-refractivity contribution in [1.82, 2.24) is 5.32 Å². The molecule has 2 aromatic carbocycles. The highest BCUT2D eigenvalue weighted by atomic mass is 32.2. The van der Waals surface area contributed by atoms with E-state index >= 15 is 0 Å². The molecule has 1 aliphatic carbocycles. The molecule has 2 aromatic rings. The number of amides is 2. The molecule has 0 fully saturated rings. The summed E-state index contributed by atoms with van der Waals surface area (Å²) in [6.45, 7) is 0.0540. The van der Waals surface area contributed by atoms with Crippen molar-refractivity contribution in [1.29, 1.82) is 0 Å². The van der Waals surface area contributed by atoms with E-state index in [1.165, 1.54) is 5.56 Å². The van der Waals surface area contributed by atoms with Crippen molar-refractivity contribution in [2.45, 2.75) is 29.8 Å². The van der Waals surface area contributed by atoms with Crippen LogP contribution in [0.15, 0.2) is 53.4 Å². The van der Waals surface area contributed by atoms with Crippen LogP contribution in [0.25, 0.3) is 0 Å². The Labute approximate surface area is 157 Å². The van der Waals surface area contributed by atoms with Gasteiger partial charge in [-0.3, -0.25) is 9.59 Å². The first-order valence-electron chi connectivity index (χ1n) is 8.51. The highest BCUT2D eigenvalue weighted by Crippen LogP contribution is 2.28. The summed E-state index contributed by atoms with van der Waals surface area (Å²) in [6.07, 6.45) is 3.73. The van der Waals surface area contributed by atoms with E-state index in [4.69, 9.17) is 0 Å². The molecule has 0 radical (unpaired) electrons. The number of nitrogens with one attached hydrogen (secondary N) is 2. The zero-order valence-corrected chi connectivity index (χ0v) is 15.4. The molecule has 3 rings (SSSR count). The van der Waals surface area contributed by atoms with Gasteiger partial charge in [-0.25, -0.2) is 0 Å². The lowest BCUT2D eigenvalue weighted by atomic mass is 9.80. The second-order valence-corrected chi connectivity index (χ2v) is 7.42. The van der Waals surface area contributed by atoms with Gasteiger partial charge in [0.25, 0.3) is 0 Å². The first-order valence-corrected chi connectivity index (χ1v) is 9.74. The predicted molar refractivity (Wildman–Crippen MR) is 103 cm³/mol. The fourth-order valence-electron chi connectivity index (χ4n) is 3.15. The van der Waals surface area contributed by atoms with E-state index < -0.39 is 17.4 Å². The van der Waals surface area contributed by atoms with Crippen molar-refractivity contribution in [3.05, 3.63) is 59.7 Å². The first kappa shape index (κ1) is 18.5. The van der Waals surface area contributed by atoms with Gasteiger partial charge in [0, 0.05) is 23.5 Å². The number of aliphatic hydroxyl groups is 1. The zero-order chi connectivity index (χ0) is 18.6. The van der Waals surface area contributed by atoms with Gasteiger partial charge in [-0.1, -0.05) is 30.3 Å². The summed E-state index contributed by atoms with van der Waals surface area (Å²) in [5.41, 5.74) is 1.87. The van der Waals surface area contributed by atoms with Gasteiger partial charge in [0.1, 0.15) is 0 Å². The fourth-order valence-corrected chi connectivity index (χ4v) is 3.61. The third-order valence-electron chi connectivity index (χ3n) is 4.61. The normalized spacial score (nSPS) is 18.7. The number of anilines is 1. The number of benzene rings is 2. The van der Waals surface area contributed by atoms with Gasteiger partial charge in [-0.15, -0.1) is 11.8 Å². The van der Waals surface area contributed by atoms with Crippen LogP contribution in [-0.4, -0.2) is 35.3 Å². The molecular weight excluding hydrogens is 348 g/mol. The number of carbonyl (C=O) groups is 2. The molecule has 0 heterocycles. The molecule has 1 aliphatic rings. The van der Waals surface area contributed by atoms with Crippen molar-refractivity contribution in [2.24, 2.45) is 0 Å². The number of hydrogen-bond acceptors (Lipinski definition) is 4. The lowest BCUT2D eigenvalue weighted by molar-refractivity contribution is -0.136. The number of rotatable bonds is 4. The van der Waals surface area contributed by atoms with E-state index in [1.54, 1.807) is 23.9 Å². The van der Waals surface area contributed by atoms with Gasteiger partial charge in [-0.2, -0.15) is 0 Å². The van der Waals surface area contributed by atoms with E-state index in [-0.39, 0.29) is 6.54 Å². The molecule has 5 nitrogen and oxygen atoms in total. The molecule has 136 valence electrons. The Balaban J connectivity index is 1.55. The van der Waals surface area contributed by atoms with Crippen LogP contribution >= 0.6 is 11.8 Å². The average Bonchev–Trinajstić information content (AvgIpc) is 2.66. The Morgan fingerprint density at radius 1 is 1.12 bits per heavy atom. The lowest BCUT2D eigenvalue weighted by Crippen LogP contribution is -2.49. The Bertz CT molecular complexity index is 824. The zero-order valence-electron chi connectivity index (χ0n) is 14.6. The minimum Gasteiger partial charge on any atom is -0.388 e. The summed E-state index contributed by atoms with van der Waals surface area (Å²) in [5, 5.41) is 15.9. The van der Waals surface area contributed by atoms with E-state index in [1.807, 2.05) is 36.6 Å². The van der Waals surface area contributed by atoms with E-state index in [9.17, 15) is 14.7 Å². The summed E-state index contributed by atoms with van der Waals surface area (Å²) in [7, 11) is 0. The van der Waals surface area contributed by atoms with Crippen LogP contribution in [0.2, 0.25) is 0 Å². The van der Waals surface area contributed by atoms with Gasteiger partial charge in [0.15, 0.2) is 0 Å². The molecule has 26 heavy (non-hydrogen) atoms. The quantitative estimate of drug-likeness (QED) is 0.570. The Kier molecular flexibility index (Phi) is 5.64. The Morgan fingerprint density at radius 2 is 1.88 bits per heavy atom. The van der Waals surface area contributed by atoms with Crippen LogP contribution < -0.4 is 10.6 Å². The maximum Gasteiger partial charge on any atom is 0.313 e. The SMILES string of the molecule is CSc1cccc(NC(=O)C(=O)NCC2(O)CCc3ccccc3C2)c1. The molecule has 3 N–H and O–H groups in total. The lowest BCUT2D eigenvalue weighted by Gasteiger charge is -2.33. The largest absolute Gasteiger partial charge is 0.388 e. The maximum absolute atomic E-state index is 12.1. The molecule has 0 saturated carbocycles. The van der Waals surface area contributed by atoms with Crippen LogP contribution in [0.5, 0.6) is 0 Å². The van der Waals surface area contributed by atoms with Gasteiger partial charge in [-0.05, 0) is 48.4 Å². The first-order chi connectivity index (χ1) is 12.5. The van der Waals surface area contributed by atoms with Gasteiger partial charge < -0.3 is 15.7 Å². The summed E-state index contributed by atoms with van der Waals surface area (Å²) in [6, 6.07) is 15.3. The number of thioether (sulfide) groups is 1. The van der Waals surface area contributed by atoms with Crippen LogP contribution in [0.4, 0.5) is 5.69 Å². The highest BCUT2D eigenvalue weighted by Gasteiger charge is 2.32. The molecule has 0 aromatic heterocycles. The molecule has 1 atom stereocenters. The monoisotopic (exact) mass is 370 g/mol. The van der Waals surface area contributed by atoms with Crippen molar-refractivity contribution in [3.63, 3.8) is 0 Å². The van der Waals surface area contributed by atoms with Crippen LogP contribution in [0.1, 0.15) is 17.5 Å². The minimum atomic E-state index is -1.02. The van der Waals surface area contributed by atoms with Crippen molar-refractivity contribution in [3.8, 4) is 0 Å². The predicted octanol–water partition coefficient (Wildman–Crippen LogP) is 2.38. The van der Waals surface area contributed by atoms with Crippen LogP contribution in [0.3, 0.4) is 0 Å². The van der Waals surface area contributed by atoms with E-state index in [0.717, 1.165) is 16.9 Å². The Morgan fingerprint density at radius 3 is 2.65 bits per heavy atom. The average molecular weight is 370 g/mol. The second-order valence-electron chi connectivity index (χ2n) is 6.54. The molecule has 2 amide bonds. The minimum absolute atomic E-state index is 0.0540. The standard InChI is InChI=1S/C20H22N2O3S/c1-26-17-8-4-7-16(11-17)22-19(24)18(23)21-13-20(25)10-9-14-5-2-3-6-15(14)12-20/h2-8,11,25H,9-10,12-13H2,1H3,(H,21,23)(H,22,24). The number of fused-ring (bicyclic) bond motifs is 1. The van der Waals surface area contributed by atoms with Crippen molar-refractivity contribution >= 4 is 29.3 Å². The van der Waals surface area contributed by atoms with E-state index in [2.05, 4.69) is 16.7 Å². The maximum atomic E-state index is 12.1. The summed E-state index contributed by atoms with van der Waals surface area (Å²) >= 11 is 1.56. The third-order valence-corrected chi connectivity index (χ3v) is 5.33. The van der Waals surface area contributed by atoms with Crippen molar-refractivity contribution in [2.75, 3.05) is 18.1 Å². The van der Waals surface area contributed by atoms with E-state index in [0.29, 0.717) is 18.5 Å². The number of carbonyl (C=O) groups excluding carboxylic acids is 2. The number of aryl methyl sites for hydroxylation is 1. The molecular formula is C20H22N2O3S. The van der Waals surface area contributed by atoms with Gasteiger partial charge in [0.2, 0.25) is 0 Å². The van der Waals surface area contributed by atoms with Gasteiger partial charge in [0.05, 0.1) is 5.60 Å². The molecule has 0 bridgehead atoms. The molecule has 1 unspecified atom stereocenters. The van der Waals surface area contributed by atoms with Gasteiger partial charge >= 0.3 is 11.8 Å². The third kappa shape index (κ3) is 4.45. The van der Waals surface area contributed by atoms with Crippen LogP contribution in [-0.2, 0) is 22.4 Å². The molecule has 0 aliphatic heterocycles. The smallest absolute Gasteiger partial charge is 0.313 e. The van der Waals surface area contributed by atoms with Crippen LogP contribution in [0, 0.1) is 0 Å². The fraction of sp³-hybridized carbons (Fsp3) is 0.300. The molecule has 0 saturated heterocycles. The van der Waals surface area contributed by atoms with Crippen molar-refractivity contribution < 1.29 is 14.7 Å². The summed E-state index contributed by atoms with van der Waals surface area (Å²) in [5.74, 6) is -1.48. The topological polar surface area (TPSA) is 78.4 Å². The highest BCUT2D eigenvalue weighted by molar-refractivity contribution is 7.98. The molecule has 6 heteroatoms. The summed E-state index contributed by atoms with van der Waals surface area (Å²) < 4.78 is 0. The second kappa shape index (κ2) is 7.93. The summed E-state index contributed by atoms with van der Waals surface area (Å²) in [4.78, 5) is 25.2. The molecule has 0 spiro atoms. The Hall–Kier alpha value is -2.31.